The van der Waals surface area contributed by atoms with E-state index in [-0.39, 0.29) is 5.91 Å². The number of amides is 1. The molecule has 4 heteroatoms. The lowest BCUT2D eigenvalue weighted by atomic mass is 9.91. The zero-order valence-corrected chi connectivity index (χ0v) is 10.9. The van der Waals surface area contributed by atoms with Crippen molar-refractivity contribution in [3.05, 3.63) is 0 Å². The van der Waals surface area contributed by atoms with Crippen LogP contribution >= 0.6 is 0 Å². The molecule has 16 heavy (non-hydrogen) atoms. The molecule has 1 rings (SSSR count). The second kappa shape index (κ2) is 5.15. The normalized spacial score (nSPS) is 23.2. The Balaban J connectivity index is 2.68. The molecule has 1 atom stereocenters. The average molecular weight is 227 g/mol. The van der Waals surface area contributed by atoms with Gasteiger partial charge in [0, 0.05) is 19.6 Å². The van der Waals surface area contributed by atoms with Crippen LogP contribution in [0.2, 0.25) is 0 Å². The Morgan fingerprint density at radius 2 is 2.12 bits per heavy atom. The SMILES string of the molecule is CC(C)C(CN)CN1CCNC(=O)C1(C)C. The van der Waals surface area contributed by atoms with Gasteiger partial charge in [0.2, 0.25) is 5.91 Å². The standard InChI is InChI=1S/C12H25N3O/c1-9(2)10(7-13)8-15-6-5-14-11(16)12(15,3)4/h9-10H,5-8,13H2,1-4H3,(H,14,16). The minimum atomic E-state index is -0.402. The lowest BCUT2D eigenvalue weighted by Gasteiger charge is -2.43. The van der Waals surface area contributed by atoms with Gasteiger partial charge in [-0.1, -0.05) is 13.8 Å². The van der Waals surface area contributed by atoms with Crippen LogP contribution in [0.25, 0.3) is 0 Å². The first-order chi connectivity index (χ1) is 7.39. The molecule has 0 spiro atoms. The Morgan fingerprint density at radius 1 is 1.50 bits per heavy atom. The van der Waals surface area contributed by atoms with Crippen molar-refractivity contribution in [3.8, 4) is 0 Å². The van der Waals surface area contributed by atoms with Gasteiger partial charge in [-0.3, -0.25) is 9.69 Å². The first-order valence-electron chi connectivity index (χ1n) is 6.13. The summed E-state index contributed by atoms with van der Waals surface area (Å²) in [5.41, 5.74) is 5.38. The highest BCUT2D eigenvalue weighted by atomic mass is 16.2. The van der Waals surface area contributed by atoms with Crippen LogP contribution in [0.3, 0.4) is 0 Å². The maximum atomic E-state index is 11.8. The van der Waals surface area contributed by atoms with Crippen molar-refractivity contribution >= 4 is 5.91 Å². The molecule has 0 aromatic rings. The molecule has 1 saturated heterocycles. The Labute approximate surface area is 98.6 Å². The molecule has 0 aromatic heterocycles. The molecule has 94 valence electrons. The van der Waals surface area contributed by atoms with E-state index in [4.69, 9.17) is 5.73 Å². The van der Waals surface area contributed by atoms with Crippen molar-refractivity contribution in [2.75, 3.05) is 26.2 Å². The van der Waals surface area contributed by atoms with Crippen LogP contribution in [0.4, 0.5) is 0 Å². The maximum Gasteiger partial charge on any atom is 0.239 e. The summed E-state index contributed by atoms with van der Waals surface area (Å²) < 4.78 is 0. The van der Waals surface area contributed by atoms with Crippen LogP contribution in [0, 0.1) is 11.8 Å². The zero-order valence-electron chi connectivity index (χ0n) is 10.9. The van der Waals surface area contributed by atoms with E-state index < -0.39 is 5.54 Å². The Morgan fingerprint density at radius 3 is 2.62 bits per heavy atom. The highest BCUT2D eigenvalue weighted by molar-refractivity contribution is 5.86. The van der Waals surface area contributed by atoms with E-state index >= 15 is 0 Å². The number of carbonyl (C=O) groups is 1. The van der Waals surface area contributed by atoms with Crippen molar-refractivity contribution in [1.29, 1.82) is 0 Å². The first kappa shape index (κ1) is 13.5. The van der Waals surface area contributed by atoms with Crippen molar-refractivity contribution in [3.63, 3.8) is 0 Å². The van der Waals surface area contributed by atoms with Crippen LogP contribution in [0.1, 0.15) is 27.7 Å². The molecule has 1 amide bonds. The lowest BCUT2D eigenvalue weighted by molar-refractivity contribution is -0.135. The predicted octanol–water partition coefficient (Wildman–Crippen LogP) is 0.428. The van der Waals surface area contributed by atoms with Gasteiger partial charge in [0.05, 0.1) is 5.54 Å². The van der Waals surface area contributed by atoms with E-state index in [1.54, 1.807) is 0 Å². The number of nitrogens with one attached hydrogen (secondary N) is 1. The van der Waals surface area contributed by atoms with Gasteiger partial charge >= 0.3 is 0 Å². The highest BCUT2D eigenvalue weighted by Crippen LogP contribution is 2.21. The highest BCUT2D eigenvalue weighted by Gasteiger charge is 2.38. The third kappa shape index (κ3) is 2.74. The van der Waals surface area contributed by atoms with Crippen LogP contribution in [-0.2, 0) is 4.79 Å². The lowest BCUT2D eigenvalue weighted by Crippen LogP contribution is -2.63. The summed E-state index contributed by atoms with van der Waals surface area (Å²) >= 11 is 0. The Hall–Kier alpha value is -0.610. The van der Waals surface area contributed by atoms with E-state index in [2.05, 4.69) is 24.1 Å². The smallest absolute Gasteiger partial charge is 0.239 e. The molecule has 0 radical (unpaired) electrons. The summed E-state index contributed by atoms with van der Waals surface area (Å²) in [6.07, 6.45) is 0. The third-order valence-electron chi connectivity index (χ3n) is 3.71. The van der Waals surface area contributed by atoms with Gasteiger partial charge in [-0.15, -0.1) is 0 Å². The topological polar surface area (TPSA) is 58.4 Å². The molecule has 1 aliphatic rings. The van der Waals surface area contributed by atoms with E-state index in [0.29, 0.717) is 18.4 Å². The molecule has 1 aliphatic heterocycles. The van der Waals surface area contributed by atoms with Crippen molar-refractivity contribution < 1.29 is 4.79 Å². The first-order valence-corrected chi connectivity index (χ1v) is 6.13. The number of piperazine rings is 1. The van der Waals surface area contributed by atoms with Crippen LogP contribution < -0.4 is 11.1 Å². The number of hydrogen-bond donors (Lipinski definition) is 2. The van der Waals surface area contributed by atoms with Gasteiger partial charge in [0.25, 0.3) is 0 Å². The monoisotopic (exact) mass is 227 g/mol. The minimum Gasteiger partial charge on any atom is -0.353 e. The number of nitrogens with two attached hydrogens (primary N) is 1. The molecule has 0 saturated carbocycles. The maximum absolute atomic E-state index is 11.8. The fourth-order valence-corrected chi connectivity index (χ4v) is 2.10. The summed E-state index contributed by atoms with van der Waals surface area (Å²) in [4.78, 5) is 14.0. The molecule has 0 aliphatic carbocycles. The average Bonchev–Trinajstić information content (AvgIpc) is 2.20. The second-order valence-corrected chi connectivity index (χ2v) is 5.50. The molecule has 3 N–H and O–H groups in total. The van der Waals surface area contributed by atoms with Gasteiger partial charge in [0.15, 0.2) is 0 Å². The van der Waals surface area contributed by atoms with Gasteiger partial charge in [-0.05, 0) is 32.2 Å². The molecule has 0 aromatic carbocycles. The summed E-state index contributed by atoms with van der Waals surface area (Å²) in [5.74, 6) is 1.15. The number of hydrogen-bond acceptors (Lipinski definition) is 3. The van der Waals surface area contributed by atoms with E-state index in [0.717, 1.165) is 19.6 Å². The van der Waals surface area contributed by atoms with Gasteiger partial charge in [0.1, 0.15) is 0 Å². The van der Waals surface area contributed by atoms with E-state index in [1.165, 1.54) is 0 Å². The molecular formula is C12H25N3O. The predicted molar refractivity (Wildman–Crippen MR) is 66.0 cm³/mol. The van der Waals surface area contributed by atoms with Crippen LogP contribution in [0.15, 0.2) is 0 Å². The Bertz CT molecular complexity index is 251. The second-order valence-electron chi connectivity index (χ2n) is 5.50. The van der Waals surface area contributed by atoms with Gasteiger partial charge < -0.3 is 11.1 Å². The summed E-state index contributed by atoms with van der Waals surface area (Å²) in [6.45, 7) is 11.6. The van der Waals surface area contributed by atoms with Crippen molar-refractivity contribution in [2.45, 2.75) is 33.2 Å². The fraction of sp³-hybridized carbons (Fsp3) is 0.917. The van der Waals surface area contributed by atoms with E-state index in [9.17, 15) is 4.79 Å². The number of nitrogens with zero attached hydrogens (tertiary/aromatic N) is 1. The van der Waals surface area contributed by atoms with Gasteiger partial charge in [-0.2, -0.15) is 0 Å². The third-order valence-corrected chi connectivity index (χ3v) is 3.71. The molecule has 1 fully saturated rings. The van der Waals surface area contributed by atoms with Gasteiger partial charge in [-0.25, -0.2) is 0 Å². The summed E-state index contributed by atoms with van der Waals surface area (Å²) in [5, 5.41) is 2.91. The Kier molecular flexibility index (Phi) is 4.33. The summed E-state index contributed by atoms with van der Waals surface area (Å²) in [7, 11) is 0. The molecule has 1 unspecified atom stereocenters. The zero-order chi connectivity index (χ0) is 12.3. The molecule has 4 nitrogen and oxygen atoms in total. The largest absolute Gasteiger partial charge is 0.353 e. The van der Waals surface area contributed by atoms with Crippen LogP contribution in [-0.4, -0.2) is 42.5 Å². The van der Waals surface area contributed by atoms with Crippen molar-refractivity contribution in [1.82, 2.24) is 10.2 Å². The minimum absolute atomic E-state index is 0.123. The molecule has 1 heterocycles. The summed E-state index contributed by atoms with van der Waals surface area (Å²) in [6, 6.07) is 0. The number of rotatable bonds is 4. The van der Waals surface area contributed by atoms with E-state index in [1.807, 2.05) is 13.8 Å². The van der Waals surface area contributed by atoms with Crippen LogP contribution in [0.5, 0.6) is 0 Å². The quantitative estimate of drug-likeness (QED) is 0.732. The van der Waals surface area contributed by atoms with Crippen molar-refractivity contribution in [2.24, 2.45) is 17.6 Å². The molecule has 0 bridgehead atoms. The molecular weight excluding hydrogens is 202 g/mol. The number of carbonyl (C=O) groups excluding carboxylic acids is 1. The fourth-order valence-electron chi connectivity index (χ4n) is 2.10.